The molecule has 2 aliphatic heterocycles. The molecule has 430 valence electrons. The van der Waals surface area contributed by atoms with Crippen LogP contribution in [-0.2, 0) is 60.8 Å². The Kier molecular flexibility index (Phi) is 27.1. The van der Waals surface area contributed by atoms with Crippen molar-refractivity contribution in [1.82, 2.24) is 47.4 Å². The van der Waals surface area contributed by atoms with Gasteiger partial charge in [-0.2, -0.15) is 0 Å². The summed E-state index contributed by atoms with van der Waals surface area (Å²) in [4.78, 5) is 139. The highest BCUT2D eigenvalue weighted by atomic mass is 33.1. The van der Waals surface area contributed by atoms with Crippen LogP contribution in [0, 0.1) is 0 Å². The number of nitrogens with two attached hydrogens (primary N) is 3. The van der Waals surface area contributed by atoms with Gasteiger partial charge in [0.15, 0.2) is 0 Å². The molecule has 0 spiro atoms. The van der Waals surface area contributed by atoms with E-state index in [4.69, 9.17) is 17.2 Å². The number of nitrogens with zero attached hydrogens (tertiary/aromatic N) is 1. The summed E-state index contributed by atoms with van der Waals surface area (Å²) < 4.78 is 0. The molecule has 26 nitrogen and oxygen atoms in total. The van der Waals surface area contributed by atoms with Crippen LogP contribution in [0.5, 0.6) is 5.75 Å². The Labute approximate surface area is 459 Å². The lowest BCUT2D eigenvalue weighted by molar-refractivity contribution is -0.142. The second-order valence-electron chi connectivity index (χ2n) is 18.9. The van der Waals surface area contributed by atoms with Crippen molar-refractivity contribution in [2.75, 3.05) is 44.3 Å². The summed E-state index contributed by atoms with van der Waals surface area (Å²) >= 11 is 0. The van der Waals surface area contributed by atoms with Crippen LogP contribution >= 0.6 is 21.6 Å². The van der Waals surface area contributed by atoms with Crippen LogP contribution in [0.2, 0.25) is 0 Å². The fourth-order valence-electron chi connectivity index (χ4n) is 8.35. The van der Waals surface area contributed by atoms with Gasteiger partial charge in [-0.15, -0.1) is 0 Å². The number of carboxylic acids is 1. The van der Waals surface area contributed by atoms with E-state index in [-0.39, 0.29) is 75.4 Å². The second-order valence-corrected chi connectivity index (χ2v) is 21.4. The first-order chi connectivity index (χ1) is 37.3. The summed E-state index contributed by atoms with van der Waals surface area (Å²) in [5, 5.41) is 61.3. The first kappa shape index (κ1) is 64.0. The first-order valence-electron chi connectivity index (χ1n) is 25.7. The van der Waals surface area contributed by atoms with Crippen LogP contribution in [-0.4, -0.2) is 189 Å². The van der Waals surface area contributed by atoms with Crippen LogP contribution in [0.1, 0.15) is 69.4 Å². The molecule has 9 amide bonds. The fraction of sp³-hybridized carbons (Fsp3) is 0.560. The average Bonchev–Trinajstić information content (AvgIpc) is 3.91. The molecule has 0 aliphatic carbocycles. The Morgan fingerprint density at radius 3 is 1.94 bits per heavy atom. The summed E-state index contributed by atoms with van der Waals surface area (Å²) in [6.07, 6.45) is 0.0828. The highest BCUT2D eigenvalue weighted by Crippen LogP contribution is 2.24. The molecule has 2 aliphatic rings. The number of rotatable bonds is 19. The molecule has 2 fully saturated rings. The number of hydrogen-bond donors (Lipinski definition) is 15. The minimum atomic E-state index is -1.73. The second kappa shape index (κ2) is 33.0. The highest BCUT2D eigenvalue weighted by molar-refractivity contribution is 8.76. The van der Waals surface area contributed by atoms with Gasteiger partial charge >= 0.3 is 5.97 Å². The monoisotopic (exact) mass is 1130 g/mol. The molecule has 2 saturated heterocycles. The molecule has 18 N–H and O–H groups in total. The van der Waals surface area contributed by atoms with Crippen molar-refractivity contribution >= 4 is 80.7 Å². The molecule has 0 aromatic heterocycles. The molecular weight excluding hydrogens is 1060 g/mol. The molecule has 0 radical (unpaired) electrons. The number of fused-ring (bicyclic) bond motifs is 1. The van der Waals surface area contributed by atoms with Gasteiger partial charge in [0, 0.05) is 24.5 Å². The van der Waals surface area contributed by atoms with Crippen LogP contribution in [0.25, 0.3) is 0 Å². The number of aliphatic hydroxyl groups excluding tert-OH is 2. The number of phenolic OH excluding ortho intramolecular Hbond substituents is 1. The zero-order valence-electron chi connectivity index (χ0n) is 43.4. The van der Waals surface area contributed by atoms with Gasteiger partial charge in [0.05, 0.1) is 25.3 Å². The number of phenols is 1. The summed E-state index contributed by atoms with van der Waals surface area (Å²) in [5.41, 5.74) is 18.9. The third kappa shape index (κ3) is 20.7. The fourth-order valence-corrected chi connectivity index (χ4v) is 10.7. The molecule has 2 aromatic carbocycles. The maximum Gasteiger partial charge on any atom is 0.326 e. The molecule has 28 heteroatoms. The van der Waals surface area contributed by atoms with Crippen molar-refractivity contribution in [3.8, 4) is 5.75 Å². The predicted octanol–water partition coefficient (Wildman–Crippen LogP) is -3.88. The maximum absolute atomic E-state index is 14.3. The van der Waals surface area contributed by atoms with Crippen LogP contribution in [0.15, 0.2) is 54.6 Å². The normalized spacial score (nSPS) is 23.9. The molecular formula is C50H74N12O14S2. The van der Waals surface area contributed by atoms with E-state index in [0.29, 0.717) is 36.8 Å². The van der Waals surface area contributed by atoms with E-state index in [9.17, 15) is 68.4 Å². The Morgan fingerprint density at radius 1 is 0.731 bits per heavy atom. The van der Waals surface area contributed by atoms with Gasteiger partial charge in [0.25, 0.3) is 0 Å². The summed E-state index contributed by atoms with van der Waals surface area (Å²) in [6, 6.07) is 1.24. The lowest BCUT2D eigenvalue weighted by Crippen LogP contribution is -2.61. The van der Waals surface area contributed by atoms with E-state index in [1.54, 1.807) is 30.3 Å². The van der Waals surface area contributed by atoms with Gasteiger partial charge in [-0.3, -0.25) is 43.2 Å². The number of amides is 9. The minimum absolute atomic E-state index is 0.0113. The standard InChI is InChI=1S/C50H74N12O14S2/c1-28(64)41-49(74)56-33(12-5-7-19-51)43(68)54-24-40(66)62-21-9-14-39(62)48(73)58-36(25-63)45(70)55-34(13-6-8-20-52)44(69)60-37(46(71)57-35(50(75)76)23-30-15-17-31(65)18-16-30)26-77-78-27-38(47(72)61-41)59-42(67)32(53)22-29-10-3-2-4-11-29/h2-4,10-11,15-18,28,32-39,41,63-65H,5-9,12-14,19-27,51-53H2,1H3,(H,54,68)(H,55,70)(H,56,74)(H,57,71)(H,58,73)(H,59,67)(H,60,69)(H,61,72)(H,75,76)/t28-,32+,33+,34+,35+,36+,37+,38+,39-,41+/m1/s1. The largest absolute Gasteiger partial charge is 0.508 e. The van der Waals surface area contributed by atoms with Crippen molar-refractivity contribution in [3.05, 3.63) is 65.7 Å². The number of carboxylic acid groups (broad SMARTS) is 1. The van der Waals surface area contributed by atoms with Crippen molar-refractivity contribution in [3.63, 3.8) is 0 Å². The minimum Gasteiger partial charge on any atom is -0.508 e. The number of aliphatic hydroxyl groups is 2. The zero-order valence-corrected chi connectivity index (χ0v) is 45.0. The third-order valence-corrected chi connectivity index (χ3v) is 15.2. The molecule has 2 heterocycles. The van der Waals surface area contributed by atoms with Crippen LogP contribution < -0.4 is 59.7 Å². The quantitative estimate of drug-likeness (QED) is 0.0472. The SMILES string of the molecule is C[C@@H](O)[C@@H]1NC(=O)[C@@H](NC(=O)[C@@H](N)Cc2ccccc2)CSSC[C@@H](C(=O)N[C@@H](Cc2ccc(O)cc2)C(=O)O)NC(=O)[C@H](CCCCN)NC(=O)[C@H](CO)NC(=O)[C@H]2CCCN2C(=O)CNC(=O)[C@H](CCCCN)NC1=O. The number of unbranched alkanes of at least 4 members (excludes halogenated alkanes) is 2. The van der Waals surface area contributed by atoms with Crippen molar-refractivity contribution in [2.24, 2.45) is 17.2 Å². The number of carbonyl (C=O) groups excluding carboxylic acids is 9. The van der Waals surface area contributed by atoms with Gasteiger partial charge in [0.1, 0.15) is 54.1 Å². The average molecular weight is 1130 g/mol. The van der Waals surface area contributed by atoms with E-state index in [0.717, 1.165) is 21.6 Å². The molecule has 0 bridgehead atoms. The number of hydrogen-bond acceptors (Lipinski definition) is 18. The van der Waals surface area contributed by atoms with Crippen LogP contribution in [0.4, 0.5) is 0 Å². The Balaban J connectivity index is 1.74. The van der Waals surface area contributed by atoms with Gasteiger partial charge < -0.3 is 85.1 Å². The number of aromatic hydroxyl groups is 1. The topological polar surface area (TPSA) is 429 Å². The van der Waals surface area contributed by atoms with Gasteiger partial charge in [-0.1, -0.05) is 64.1 Å². The summed E-state index contributed by atoms with van der Waals surface area (Å²) in [5.74, 6) is -10.2. The zero-order chi connectivity index (χ0) is 57.3. The Bertz CT molecular complexity index is 2360. The maximum atomic E-state index is 14.3. The Morgan fingerprint density at radius 2 is 1.32 bits per heavy atom. The molecule has 4 rings (SSSR count). The molecule has 0 saturated carbocycles. The lowest BCUT2D eigenvalue weighted by Gasteiger charge is -2.28. The highest BCUT2D eigenvalue weighted by Gasteiger charge is 2.38. The lowest BCUT2D eigenvalue weighted by atomic mass is 10.0. The summed E-state index contributed by atoms with van der Waals surface area (Å²) in [7, 11) is 1.81. The van der Waals surface area contributed by atoms with Gasteiger partial charge in [-0.05, 0) is 101 Å². The van der Waals surface area contributed by atoms with E-state index >= 15 is 0 Å². The van der Waals surface area contributed by atoms with Crippen LogP contribution in [0.3, 0.4) is 0 Å². The van der Waals surface area contributed by atoms with E-state index in [1.165, 1.54) is 36.1 Å². The van der Waals surface area contributed by atoms with Crippen molar-refractivity contribution in [1.29, 1.82) is 0 Å². The number of carbonyl (C=O) groups is 10. The number of aliphatic carboxylic acids is 1. The Hall–Kier alpha value is -6.56. The molecule has 2 aromatic rings. The van der Waals surface area contributed by atoms with E-state index < -0.39 is 133 Å². The summed E-state index contributed by atoms with van der Waals surface area (Å²) in [6.45, 7) is 0.146. The first-order valence-corrected chi connectivity index (χ1v) is 28.2. The van der Waals surface area contributed by atoms with Gasteiger partial charge in [-0.25, -0.2) is 4.79 Å². The van der Waals surface area contributed by atoms with Gasteiger partial charge in [0.2, 0.25) is 53.2 Å². The molecule has 78 heavy (non-hydrogen) atoms. The smallest absolute Gasteiger partial charge is 0.326 e. The molecule has 10 atom stereocenters. The third-order valence-electron chi connectivity index (χ3n) is 12.8. The number of benzene rings is 2. The van der Waals surface area contributed by atoms with Crippen molar-refractivity contribution < 1.29 is 68.4 Å². The molecule has 0 unspecified atom stereocenters. The van der Waals surface area contributed by atoms with E-state index in [2.05, 4.69) is 42.5 Å². The predicted molar refractivity (Wildman–Crippen MR) is 288 cm³/mol. The van der Waals surface area contributed by atoms with Crippen molar-refractivity contribution in [2.45, 2.75) is 132 Å². The number of nitrogens with one attached hydrogen (secondary N) is 8. The van der Waals surface area contributed by atoms with E-state index in [1.807, 2.05) is 0 Å².